The van der Waals surface area contributed by atoms with Crippen LogP contribution in [0.2, 0.25) is 0 Å². The van der Waals surface area contributed by atoms with E-state index in [4.69, 9.17) is 0 Å². The maximum Gasteiger partial charge on any atom is 0.300 e. The summed E-state index contributed by atoms with van der Waals surface area (Å²) in [6.45, 7) is 0. The second-order valence-corrected chi connectivity index (χ2v) is 14.6. The lowest BCUT2D eigenvalue weighted by atomic mass is 9.97. The van der Waals surface area contributed by atoms with E-state index >= 15 is 8.78 Å². The Morgan fingerprint density at radius 2 is 1.28 bits per heavy atom. The van der Waals surface area contributed by atoms with E-state index in [1.54, 1.807) is 12.1 Å². The van der Waals surface area contributed by atoms with Gasteiger partial charge in [-0.15, -0.1) is 0 Å². The Labute approximate surface area is 265 Å². The van der Waals surface area contributed by atoms with Crippen molar-refractivity contribution in [1.82, 2.24) is 4.57 Å². The van der Waals surface area contributed by atoms with E-state index in [0.717, 1.165) is 73.8 Å². The Balaban J connectivity index is 1.25. The van der Waals surface area contributed by atoms with Crippen molar-refractivity contribution in [3.05, 3.63) is 145 Å². The second-order valence-electron chi connectivity index (χ2n) is 12.7. The van der Waals surface area contributed by atoms with Gasteiger partial charge in [0.05, 0.1) is 33.9 Å². The molecule has 0 bridgehead atoms. The molecule has 1 atom stereocenters. The number of pyridine rings is 1. The summed E-state index contributed by atoms with van der Waals surface area (Å²) in [5.74, 6) is -2.15. The normalized spacial score (nSPS) is 19.0. The van der Waals surface area contributed by atoms with Crippen LogP contribution >= 0.6 is 8.07 Å². The number of hydrogen-bond acceptors (Lipinski definition) is 2. The summed E-state index contributed by atoms with van der Waals surface area (Å²) in [6, 6.07) is 42.6. The molecule has 0 N–H and O–H groups in total. The van der Waals surface area contributed by atoms with E-state index < -0.39 is 14.0 Å². The van der Waals surface area contributed by atoms with Gasteiger partial charge in [0.2, 0.25) is 0 Å². The van der Waals surface area contributed by atoms with Gasteiger partial charge in [-0.25, -0.2) is 4.34 Å². The van der Waals surface area contributed by atoms with Gasteiger partial charge < -0.3 is 9.80 Å². The summed E-state index contributed by atoms with van der Waals surface area (Å²) in [5, 5.41) is 3.61. The highest BCUT2D eigenvalue weighted by Gasteiger charge is 2.61. The largest absolute Gasteiger partial charge is 0.316 e. The maximum absolute atomic E-state index is 17.2. The monoisotopic (exact) mass is 619 g/mol. The van der Waals surface area contributed by atoms with E-state index in [1.807, 2.05) is 36.4 Å². The summed E-state index contributed by atoms with van der Waals surface area (Å²) in [4.78, 5) is 4.83. The minimum Gasteiger partial charge on any atom is -0.316 e. The summed E-state index contributed by atoms with van der Waals surface area (Å²) in [6.07, 6.45) is 3.97. The molecule has 0 amide bonds. The molecule has 7 heteroatoms. The lowest BCUT2D eigenvalue weighted by Crippen LogP contribution is -2.52. The van der Waals surface area contributed by atoms with Crippen LogP contribution in [0.25, 0.3) is 27.6 Å². The highest BCUT2D eigenvalue weighted by molar-refractivity contribution is 7.68. The topological polar surface area (TPSA) is 15.3 Å². The van der Waals surface area contributed by atoms with Crippen molar-refractivity contribution in [1.29, 1.82) is 0 Å². The molecule has 1 unspecified atom stereocenters. The first-order chi connectivity index (χ1) is 22.6. The number of hydrogen-bond donors (Lipinski definition) is 0. The molecule has 11 rings (SSSR count). The molecule has 1 aliphatic carbocycles. The standard InChI is InChI=1S/C39H26F2N4P/c40-39(41)28-14-10-18-33(45-32-17-7-6-16-31(32)44(38(45)22-23-38)25-11-2-1-3-12-25)36(28)46-37-29(39)21-20-27-26-13-4-5-15-30(26)43(35(27)37)34-19-8-9-24-42(34)46/h1-21,24H,22-23H2/q+1. The Hall–Kier alpha value is -5.06. The molecule has 2 aromatic heterocycles. The predicted molar refractivity (Wildman–Crippen MR) is 181 cm³/mol. The number of halogens is 2. The van der Waals surface area contributed by atoms with E-state index in [-0.39, 0.29) is 16.8 Å². The van der Waals surface area contributed by atoms with Crippen LogP contribution in [0, 0.1) is 0 Å². The van der Waals surface area contributed by atoms with Crippen molar-refractivity contribution in [2.45, 2.75) is 24.4 Å². The molecule has 1 spiro atoms. The molecule has 5 aromatic carbocycles. The molecule has 220 valence electrons. The molecular weight excluding hydrogens is 593 g/mol. The average molecular weight is 620 g/mol. The number of alkyl halides is 2. The number of nitrogens with zero attached hydrogens (tertiary/aromatic N) is 4. The molecule has 7 aromatic rings. The van der Waals surface area contributed by atoms with E-state index in [2.05, 4.69) is 104 Å². The van der Waals surface area contributed by atoms with Gasteiger partial charge in [-0.1, -0.05) is 66.7 Å². The Morgan fingerprint density at radius 1 is 0.587 bits per heavy atom. The number of para-hydroxylation sites is 4. The van der Waals surface area contributed by atoms with E-state index in [0.29, 0.717) is 0 Å². The van der Waals surface area contributed by atoms with Crippen LogP contribution in [0.1, 0.15) is 24.0 Å². The molecular formula is C39H26F2N4P+. The summed E-state index contributed by atoms with van der Waals surface area (Å²) in [5.41, 5.74) is 5.98. The zero-order valence-corrected chi connectivity index (χ0v) is 25.5. The predicted octanol–water partition coefficient (Wildman–Crippen LogP) is 8.51. The Kier molecular flexibility index (Phi) is 4.59. The highest BCUT2D eigenvalue weighted by atomic mass is 31.1. The summed E-state index contributed by atoms with van der Waals surface area (Å²) >= 11 is 0. The van der Waals surface area contributed by atoms with Crippen molar-refractivity contribution in [2.24, 2.45) is 0 Å². The third kappa shape index (κ3) is 2.86. The lowest BCUT2D eigenvalue weighted by Gasteiger charge is -2.39. The highest BCUT2D eigenvalue weighted by Crippen LogP contribution is 2.64. The average Bonchev–Trinajstić information content (AvgIpc) is 3.72. The third-order valence-electron chi connectivity index (χ3n) is 10.3. The number of benzene rings is 5. The Morgan fingerprint density at radius 3 is 2.11 bits per heavy atom. The molecule has 3 aliphatic heterocycles. The molecule has 0 radical (unpaired) electrons. The van der Waals surface area contributed by atoms with Crippen LogP contribution in [-0.4, -0.2) is 10.2 Å². The Bertz CT molecular complexity index is 2450. The van der Waals surface area contributed by atoms with Crippen molar-refractivity contribution in [3.8, 4) is 5.82 Å². The van der Waals surface area contributed by atoms with Crippen molar-refractivity contribution in [3.63, 3.8) is 0 Å². The van der Waals surface area contributed by atoms with Gasteiger partial charge in [-0.3, -0.25) is 0 Å². The van der Waals surface area contributed by atoms with Gasteiger partial charge >= 0.3 is 0 Å². The molecule has 4 nitrogen and oxygen atoms in total. The van der Waals surface area contributed by atoms with Gasteiger partial charge in [-0.2, -0.15) is 13.3 Å². The number of rotatable bonds is 2. The van der Waals surface area contributed by atoms with Gasteiger partial charge in [-0.05, 0) is 67.4 Å². The SMILES string of the molecule is FC1(F)c2cccc(N3c4ccccc4N(c4ccccc4)C34CC4)c2P2c3c1ccc1c4ccccc4n(c31)-c1cccc[n+]12. The zero-order valence-electron chi connectivity index (χ0n) is 24.6. The molecule has 4 aliphatic rings. The van der Waals surface area contributed by atoms with Crippen LogP contribution in [0.15, 0.2) is 134 Å². The van der Waals surface area contributed by atoms with Crippen LogP contribution in [-0.2, 0) is 5.92 Å². The summed E-state index contributed by atoms with van der Waals surface area (Å²) < 4.78 is 38.8. The van der Waals surface area contributed by atoms with E-state index in [1.165, 1.54) is 0 Å². The first-order valence-electron chi connectivity index (χ1n) is 15.7. The van der Waals surface area contributed by atoms with Crippen LogP contribution in [0.5, 0.6) is 0 Å². The first-order valence-corrected chi connectivity index (χ1v) is 17.0. The second kappa shape index (κ2) is 8.39. The fourth-order valence-corrected chi connectivity index (χ4v) is 11.4. The van der Waals surface area contributed by atoms with Crippen molar-refractivity contribution >= 4 is 63.2 Å². The molecule has 5 heterocycles. The summed E-state index contributed by atoms with van der Waals surface area (Å²) in [7, 11) is -1.39. The number of fused-ring (bicyclic) bond motifs is 9. The van der Waals surface area contributed by atoms with Crippen LogP contribution in [0.3, 0.4) is 0 Å². The molecule has 0 saturated heterocycles. The maximum atomic E-state index is 17.2. The number of aromatic nitrogens is 2. The van der Waals surface area contributed by atoms with Crippen molar-refractivity contribution in [2.75, 3.05) is 9.80 Å². The van der Waals surface area contributed by atoms with Gasteiger partial charge in [0, 0.05) is 33.7 Å². The van der Waals surface area contributed by atoms with Gasteiger partial charge in [0.15, 0.2) is 13.6 Å². The van der Waals surface area contributed by atoms with Crippen LogP contribution in [0.4, 0.5) is 31.5 Å². The quantitative estimate of drug-likeness (QED) is 0.180. The first kappa shape index (κ1) is 25.2. The third-order valence-corrected chi connectivity index (χ3v) is 12.9. The fourth-order valence-electron chi connectivity index (χ4n) is 8.44. The van der Waals surface area contributed by atoms with Crippen molar-refractivity contribution < 1.29 is 13.1 Å². The lowest BCUT2D eigenvalue weighted by molar-refractivity contribution is -0.502. The fraction of sp³-hybridized carbons (Fsp3) is 0.103. The molecule has 1 fully saturated rings. The molecule has 1 saturated carbocycles. The van der Waals surface area contributed by atoms with E-state index in [9.17, 15) is 0 Å². The molecule has 46 heavy (non-hydrogen) atoms. The van der Waals surface area contributed by atoms with Crippen LogP contribution < -0.4 is 24.7 Å². The number of anilines is 4. The smallest absolute Gasteiger partial charge is 0.300 e. The zero-order chi connectivity index (χ0) is 30.4. The minimum atomic E-state index is -3.16. The van der Waals surface area contributed by atoms with Gasteiger partial charge in [0.1, 0.15) is 11.2 Å². The minimum absolute atomic E-state index is 0.112. The van der Waals surface area contributed by atoms with Gasteiger partial charge in [0.25, 0.3) is 11.7 Å².